The minimum atomic E-state index is -2.93. The summed E-state index contributed by atoms with van der Waals surface area (Å²) in [6.45, 7) is -1.06. The summed E-state index contributed by atoms with van der Waals surface area (Å²) in [5.41, 5.74) is 6.77. The van der Waals surface area contributed by atoms with E-state index in [9.17, 15) is 13.6 Å². The van der Waals surface area contributed by atoms with Gasteiger partial charge in [0.25, 0.3) is 5.91 Å². The van der Waals surface area contributed by atoms with Crippen molar-refractivity contribution in [3.63, 3.8) is 0 Å². The molecular formula is C26H23ClF2N4O3. The Morgan fingerprint density at radius 2 is 2.00 bits per heavy atom. The minimum absolute atomic E-state index is 0.0516. The van der Waals surface area contributed by atoms with Crippen LogP contribution in [0, 0.1) is 0 Å². The van der Waals surface area contributed by atoms with E-state index in [1.807, 2.05) is 19.1 Å². The molecule has 10 heteroatoms. The topological polar surface area (TPSA) is 90.0 Å². The number of ether oxygens (including phenoxy) is 2. The lowest BCUT2D eigenvalue weighted by Gasteiger charge is -2.43. The summed E-state index contributed by atoms with van der Waals surface area (Å²) in [7, 11) is 1.58. The first kappa shape index (κ1) is 24.0. The van der Waals surface area contributed by atoms with Gasteiger partial charge in [0.1, 0.15) is 17.1 Å². The zero-order valence-electron chi connectivity index (χ0n) is 19.5. The van der Waals surface area contributed by atoms with Crippen molar-refractivity contribution < 1.29 is 23.0 Å². The van der Waals surface area contributed by atoms with Crippen molar-refractivity contribution in [2.45, 2.75) is 37.5 Å². The molecule has 2 atom stereocenters. The molecule has 36 heavy (non-hydrogen) atoms. The molecule has 0 aliphatic carbocycles. The Bertz CT molecular complexity index is 1380. The quantitative estimate of drug-likeness (QED) is 0.532. The zero-order valence-corrected chi connectivity index (χ0v) is 20.3. The van der Waals surface area contributed by atoms with Gasteiger partial charge in [-0.3, -0.25) is 14.7 Å². The largest absolute Gasteiger partial charge is 0.487 e. The first-order chi connectivity index (χ1) is 17.1. The molecule has 2 N–H and O–H groups in total. The van der Waals surface area contributed by atoms with Crippen LogP contribution < -0.4 is 15.2 Å². The number of carbonyl (C=O) groups excluding carboxylic acids is 1. The highest BCUT2D eigenvalue weighted by Crippen LogP contribution is 2.50. The lowest BCUT2D eigenvalue weighted by Crippen LogP contribution is -2.51. The number of aromatic nitrogens is 1. The van der Waals surface area contributed by atoms with Crippen molar-refractivity contribution in [2.24, 2.45) is 10.7 Å². The fraction of sp³-hybridized carbons (Fsp3) is 0.269. The summed E-state index contributed by atoms with van der Waals surface area (Å²) in [5, 5.41) is 0.487. The molecular weight excluding hydrogens is 490 g/mol. The molecule has 0 bridgehead atoms. The first-order valence-electron chi connectivity index (χ1n) is 11.2. The van der Waals surface area contributed by atoms with Gasteiger partial charge >= 0.3 is 6.61 Å². The van der Waals surface area contributed by atoms with Crippen LogP contribution in [-0.2, 0) is 16.8 Å². The third kappa shape index (κ3) is 4.24. The first-order valence-corrected chi connectivity index (χ1v) is 11.6. The van der Waals surface area contributed by atoms with Gasteiger partial charge in [-0.25, -0.2) is 4.99 Å². The number of alkyl halides is 2. The summed E-state index contributed by atoms with van der Waals surface area (Å²) in [4.78, 5) is 23.8. The van der Waals surface area contributed by atoms with Gasteiger partial charge in [0.2, 0.25) is 0 Å². The van der Waals surface area contributed by atoms with Crippen LogP contribution in [0.4, 0.5) is 8.78 Å². The summed E-state index contributed by atoms with van der Waals surface area (Å²) in [5.74, 6) is 0.377. The number of rotatable bonds is 5. The second kappa shape index (κ2) is 8.74. The number of aliphatic imine (C=N–C) groups is 1. The van der Waals surface area contributed by atoms with E-state index in [0.29, 0.717) is 28.3 Å². The molecule has 186 valence electrons. The lowest BCUT2D eigenvalue weighted by atomic mass is 9.74. The van der Waals surface area contributed by atoms with E-state index in [-0.39, 0.29) is 24.0 Å². The Balaban J connectivity index is 1.58. The smallest absolute Gasteiger partial charge is 0.387 e. The molecule has 0 saturated heterocycles. The van der Waals surface area contributed by atoms with Crippen molar-refractivity contribution >= 4 is 23.5 Å². The minimum Gasteiger partial charge on any atom is -0.487 e. The molecule has 3 aromatic rings. The van der Waals surface area contributed by atoms with Crippen LogP contribution >= 0.6 is 11.6 Å². The van der Waals surface area contributed by atoms with Gasteiger partial charge in [-0.1, -0.05) is 29.8 Å². The van der Waals surface area contributed by atoms with Crippen molar-refractivity contribution in [3.05, 3.63) is 77.1 Å². The Morgan fingerprint density at radius 1 is 1.19 bits per heavy atom. The second-order valence-electron chi connectivity index (χ2n) is 9.23. The van der Waals surface area contributed by atoms with Gasteiger partial charge in [-0.2, -0.15) is 8.78 Å². The molecule has 5 rings (SSSR count). The van der Waals surface area contributed by atoms with Crippen LogP contribution in [0.5, 0.6) is 11.5 Å². The highest BCUT2D eigenvalue weighted by molar-refractivity contribution is 6.30. The van der Waals surface area contributed by atoms with Gasteiger partial charge in [-0.05, 0) is 48.4 Å². The standard InChI is InChI=1S/C26H23ClF2N4O3/c1-25(11-15-4-3-5-19(8-15)35-23(28)29)14-26(22(34)33(2)24(30)32-26)20-10-16(6-7-21(20)36-25)17-9-18(27)13-31-12-17/h3-10,12-13,23H,11,14H2,1-2H3,(H2,30,32)/t25-,26?/m1/s1. The number of likely N-dealkylation sites (N-methyl/N-ethyl adjacent to an activating group) is 1. The molecule has 0 fully saturated rings. The number of hydrogen-bond donors (Lipinski definition) is 1. The number of guanidine groups is 1. The maximum atomic E-state index is 13.6. The number of nitrogens with zero attached hydrogens (tertiary/aromatic N) is 3. The van der Waals surface area contributed by atoms with E-state index in [1.54, 1.807) is 49.8 Å². The molecule has 2 aromatic carbocycles. The van der Waals surface area contributed by atoms with Crippen molar-refractivity contribution in [1.29, 1.82) is 0 Å². The molecule has 0 saturated carbocycles. The highest BCUT2D eigenvalue weighted by atomic mass is 35.5. The van der Waals surface area contributed by atoms with Crippen molar-refractivity contribution in [3.8, 4) is 22.6 Å². The summed E-state index contributed by atoms with van der Waals surface area (Å²) in [6.07, 6.45) is 3.74. The van der Waals surface area contributed by atoms with Gasteiger partial charge < -0.3 is 15.2 Å². The zero-order chi connectivity index (χ0) is 25.7. The van der Waals surface area contributed by atoms with E-state index >= 15 is 0 Å². The molecule has 1 aromatic heterocycles. The third-order valence-corrected chi connectivity index (χ3v) is 6.67. The Hall–Kier alpha value is -3.72. The molecule has 1 unspecified atom stereocenters. The number of fused-ring (bicyclic) bond motifs is 2. The summed E-state index contributed by atoms with van der Waals surface area (Å²) >= 11 is 6.14. The van der Waals surface area contributed by atoms with E-state index in [1.165, 1.54) is 11.0 Å². The lowest BCUT2D eigenvalue weighted by molar-refractivity contribution is -0.133. The van der Waals surface area contributed by atoms with Crippen molar-refractivity contribution in [1.82, 2.24) is 9.88 Å². The van der Waals surface area contributed by atoms with Gasteiger partial charge in [-0.15, -0.1) is 0 Å². The highest BCUT2D eigenvalue weighted by Gasteiger charge is 2.56. The molecule has 0 radical (unpaired) electrons. The normalized spacial score (nSPS) is 23.0. The average molecular weight is 513 g/mol. The Morgan fingerprint density at radius 3 is 2.69 bits per heavy atom. The van der Waals surface area contributed by atoms with E-state index in [0.717, 1.165) is 11.1 Å². The fourth-order valence-electron chi connectivity index (χ4n) is 4.98. The predicted molar refractivity (Wildman–Crippen MR) is 131 cm³/mol. The summed E-state index contributed by atoms with van der Waals surface area (Å²) in [6, 6.07) is 13.7. The number of carbonyl (C=O) groups is 1. The second-order valence-corrected chi connectivity index (χ2v) is 9.67. The number of nitrogens with two attached hydrogens (primary N) is 1. The number of halogens is 3. The fourth-order valence-corrected chi connectivity index (χ4v) is 5.16. The van der Waals surface area contributed by atoms with Crippen LogP contribution in [0.1, 0.15) is 24.5 Å². The van der Waals surface area contributed by atoms with Crippen LogP contribution in [0.25, 0.3) is 11.1 Å². The summed E-state index contributed by atoms with van der Waals surface area (Å²) < 4.78 is 36.4. The number of benzene rings is 2. The van der Waals surface area contributed by atoms with Crippen molar-refractivity contribution in [2.75, 3.05) is 7.05 Å². The monoisotopic (exact) mass is 512 g/mol. The van der Waals surface area contributed by atoms with Crippen LogP contribution in [0.2, 0.25) is 5.02 Å². The molecule has 2 aliphatic rings. The SMILES string of the molecule is CN1C(=O)C2(C[C@@](C)(Cc3cccc(OC(F)F)c3)Oc3ccc(-c4cncc(Cl)c4)cc32)N=C1N. The number of amides is 1. The third-order valence-electron chi connectivity index (χ3n) is 6.46. The van der Waals surface area contributed by atoms with Gasteiger partial charge in [0, 0.05) is 43.4 Å². The van der Waals surface area contributed by atoms with Gasteiger partial charge in [0.05, 0.1) is 5.02 Å². The van der Waals surface area contributed by atoms with Crippen LogP contribution in [0.15, 0.2) is 65.9 Å². The number of pyridine rings is 1. The molecule has 3 heterocycles. The number of hydrogen-bond acceptors (Lipinski definition) is 6. The Kier molecular flexibility index (Phi) is 5.83. The molecule has 2 aliphatic heterocycles. The van der Waals surface area contributed by atoms with E-state index < -0.39 is 17.8 Å². The predicted octanol–water partition coefficient (Wildman–Crippen LogP) is 4.77. The van der Waals surface area contributed by atoms with Crippen LogP contribution in [-0.4, -0.2) is 41.0 Å². The molecule has 7 nitrogen and oxygen atoms in total. The van der Waals surface area contributed by atoms with E-state index in [4.69, 9.17) is 22.1 Å². The van der Waals surface area contributed by atoms with Gasteiger partial charge in [0.15, 0.2) is 11.5 Å². The van der Waals surface area contributed by atoms with Crippen LogP contribution in [0.3, 0.4) is 0 Å². The average Bonchev–Trinajstić information content (AvgIpc) is 3.02. The molecule has 1 spiro atoms. The maximum Gasteiger partial charge on any atom is 0.387 e. The van der Waals surface area contributed by atoms with E-state index in [2.05, 4.69) is 14.7 Å². The maximum absolute atomic E-state index is 13.6. The Labute approximate surface area is 211 Å². The molecule has 1 amide bonds.